The molecule has 1 amide bonds. The zero-order valence-corrected chi connectivity index (χ0v) is 10.9. The lowest BCUT2D eigenvalue weighted by Gasteiger charge is -2.04. The molecule has 6 nitrogen and oxygen atoms in total. The van der Waals surface area contributed by atoms with Gasteiger partial charge in [0, 0.05) is 6.54 Å². The highest BCUT2D eigenvalue weighted by Gasteiger charge is 2.08. The Morgan fingerprint density at radius 2 is 2.05 bits per heavy atom. The van der Waals surface area contributed by atoms with Crippen LogP contribution in [0.1, 0.15) is 5.56 Å². The van der Waals surface area contributed by atoms with Gasteiger partial charge in [-0.2, -0.15) is 5.26 Å². The van der Waals surface area contributed by atoms with Gasteiger partial charge < -0.3 is 20.3 Å². The van der Waals surface area contributed by atoms with E-state index in [1.807, 2.05) is 6.07 Å². The Morgan fingerprint density at radius 1 is 1.35 bits per heavy atom. The van der Waals surface area contributed by atoms with Crippen LogP contribution < -0.4 is 5.32 Å². The molecule has 20 heavy (non-hydrogen) atoms. The average molecular weight is 276 g/mol. The molecular weight excluding hydrogens is 260 g/mol. The fraction of sp³-hybridized carbons (Fsp3) is 0.286. The van der Waals surface area contributed by atoms with E-state index in [0.717, 1.165) is 0 Å². The van der Waals surface area contributed by atoms with Gasteiger partial charge in [-0.1, -0.05) is 12.1 Å². The van der Waals surface area contributed by atoms with Gasteiger partial charge in [0.05, 0.1) is 19.8 Å². The summed E-state index contributed by atoms with van der Waals surface area (Å²) in [7, 11) is 0. The van der Waals surface area contributed by atoms with Gasteiger partial charge >= 0.3 is 0 Å². The third-order valence-electron chi connectivity index (χ3n) is 2.34. The number of nitrogens with one attached hydrogen (secondary N) is 1. The van der Waals surface area contributed by atoms with Crippen LogP contribution >= 0.6 is 0 Å². The first-order valence-electron chi connectivity index (χ1n) is 6.05. The van der Waals surface area contributed by atoms with Gasteiger partial charge in [0.15, 0.2) is 0 Å². The topological polar surface area (TPSA) is 103 Å². The van der Waals surface area contributed by atoms with E-state index < -0.39 is 5.91 Å². The molecule has 1 aromatic carbocycles. The number of phenolic OH excluding ortho intramolecular Hbond substituents is 1. The summed E-state index contributed by atoms with van der Waals surface area (Å²) >= 11 is 0. The molecule has 0 aliphatic carbocycles. The molecule has 6 heteroatoms. The maximum Gasteiger partial charge on any atom is 0.262 e. The quantitative estimate of drug-likeness (QED) is 0.380. The van der Waals surface area contributed by atoms with Crippen molar-refractivity contribution in [1.82, 2.24) is 5.32 Å². The molecule has 0 aliphatic rings. The molecule has 1 aromatic rings. The molecule has 0 spiro atoms. The van der Waals surface area contributed by atoms with Gasteiger partial charge in [-0.05, 0) is 23.8 Å². The molecule has 3 N–H and O–H groups in total. The molecular formula is C14H16N2O4. The minimum atomic E-state index is -0.492. The molecule has 106 valence electrons. The smallest absolute Gasteiger partial charge is 0.262 e. The number of benzene rings is 1. The van der Waals surface area contributed by atoms with Crippen molar-refractivity contribution in [3.05, 3.63) is 35.4 Å². The molecule has 0 bridgehead atoms. The van der Waals surface area contributed by atoms with Crippen LogP contribution in [0.25, 0.3) is 6.08 Å². The van der Waals surface area contributed by atoms with Crippen LogP contribution in [-0.2, 0) is 9.53 Å². The molecule has 0 aliphatic heterocycles. The summed E-state index contributed by atoms with van der Waals surface area (Å²) in [5, 5.41) is 29.1. The third kappa shape index (κ3) is 5.52. The number of hydrogen-bond acceptors (Lipinski definition) is 5. The fourth-order valence-electron chi connectivity index (χ4n) is 1.38. The third-order valence-corrected chi connectivity index (χ3v) is 2.34. The molecule has 0 atom stereocenters. The van der Waals surface area contributed by atoms with E-state index in [2.05, 4.69) is 5.32 Å². The maximum atomic E-state index is 11.7. The Hall–Kier alpha value is -2.36. The molecule has 0 heterocycles. The van der Waals surface area contributed by atoms with Gasteiger partial charge in [0.1, 0.15) is 17.4 Å². The van der Waals surface area contributed by atoms with Gasteiger partial charge in [0.25, 0.3) is 5.91 Å². The summed E-state index contributed by atoms with van der Waals surface area (Å²) in [6.45, 7) is 0.667. The number of carbonyl (C=O) groups excluding carboxylic acids is 1. The summed E-state index contributed by atoms with van der Waals surface area (Å²) in [5.41, 5.74) is 0.615. The lowest BCUT2D eigenvalue weighted by molar-refractivity contribution is -0.117. The number of carbonyl (C=O) groups is 1. The number of phenols is 1. The van der Waals surface area contributed by atoms with Crippen molar-refractivity contribution in [3.8, 4) is 11.8 Å². The Kier molecular flexibility index (Phi) is 6.82. The number of aromatic hydroxyl groups is 1. The summed E-state index contributed by atoms with van der Waals surface area (Å²) in [6.07, 6.45) is 1.43. The lowest BCUT2D eigenvalue weighted by Crippen LogP contribution is -2.28. The summed E-state index contributed by atoms with van der Waals surface area (Å²) in [4.78, 5) is 11.7. The number of amides is 1. The predicted molar refractivity (Wildman–Crippen MR) is 72.6 cm³/mol. The van der Waals surface area contributed by atoms with Crippen molar-refractivity contribution in [3.63, 3.8) is 0 Å². The lowest BCUT2D eigenvalue weighted by atomic mass is 10.1. The van der Waals surface area contributed by atoms with Crippen LogP contribution in [-0.4, -0.2) is 42.5 Å². The van der Waals surface area contributed by atoms with Crippen molar-refractivity contribution >= 4 is 12.0 Å². The van der Waals surface area contributed by atoms with E-state index in [4.69, 9.17) is 20.2 Å². The second-order valence-electron chi connectivity index (χ2n) is 3.85. The number of rotatable bonds is 7. The molecule has 0 radical (unpaired) electrons. The van der Waals surface area contributed by atoms with E-state index in [1.165, 1.54) is 18.2 Å². The minimum absolute atomic E-state index is 0.0298. The first-order chi connectivity index (χ1) is 9.67. The van der Waals surface area contributed by atoms with E-state index in [1.54, 1.807) is 12.1 Å². The number of ether oxygens (including phenoxy) is 1. The van der Waals surface area contributed by atoms with Gasteiger partial charge in [-0.15, -0.1) is 0 Å². The van der Waals surface area contributed by atoms with Crippen LogP contribution in [0.15, 0.2) is 29.8 Å². The van der Waals surface area contributed by atoms with Crippen molar-refractivity contribution in [2.75, 3.05) is 26.4 Å². The van der Waals surface area contributed by atoms with Crippen LogP contribution in [0.2, 0.25) is 0 Å². The average Bonchev–Trinajstić information content (AvgIpc) is 2.46. The SMILES string of the molecule is N#C/C(=C\c1ccc(O)cc1)C(=O)NCCOCCO. The molecule has 0 saturated carbocycles. The summed E-state index contributed by atoms with van der Waals surface area (Å²) < 4.78 is 4.98. The number of aliphatic hydroxyl groups excluding tert-OH is 1. The summed E-state index contributed by atoms with van der Waals surface area (Å²) in [5.74, 6) is -0.376. The maximum absolute atomic E-state index is 11.7. The highest BCUT2D eigenvalue weighted by molar-refractivity contribution is 6.01. The highest BCUT2D eigenvalue weighted by Crippen LogP contribution is 2.12. The fourth-order valence-corrected chi connectivity index (χ4v) is 1.38. The van der Waals surface area contributed by atoms with E-state index >= 15 is 0 Å². The van der Waals surface area contributed by atoms with Crippen molar-refractivity contribution in [1.29, 1.82) is 5.26 Å². The first kappa shape index (κ1) is 15.7. The van der Waals surface area contributed by atoms with Crippen molar-refractivity contribution in [2.24, 2.45) is 0 Å². The standard InChI is InChI=1S/C14H16N2O4/c15-10-12(9-11-1-3-13(18)4-2-11)14(19)16-5-7-20-8-6-17/h1-4,9,17-18H,5-8H2,(H,16,19)/b12-9+. The molecule has 0 saturated heterocycles. The highest BCUT2D eigenvalue weighted by atomic mass is 16.5. The molecule has 0 unspecified atom stereocenters. The second-order valence-corrected chi connectivity index (χ2v) is 3.85. The van der Waals surface area contributed by atoms with Gasteiger partial charge in [-0.3, -0.25) is 4.79 Å². The zero-order chi connectivity index (χ0) is 14.8. The van der Waals surface area contributed by atoms with Crippen molar-refractivity contribution < 1.29 is 19.7 Å². The minimum Gasteiger partial charge on any atom is -0.508 e. The Bertz CT molecular complexity index is 503. The zero-order valence-electron chi connectivity index (χ0n) is 10.9. The summed E-state index contributed by atoms with van der Waals surface area (Å²) in [6, 6.07) is 7.97. The molecule has 0 fully saturated rings. The predicted octanol–water partition coefficient (Wildman–Crippen LogP) is 0.424. The Labute approximate surface area is 116 Å². The van der Waals surface area contributed by atoms with E-state index in [-0.39, 0.29) is 37.7 Å². The monoisotopic (exact) mass is 276 g/mol. The Morgan fingerprint density at radius 3 is 2.65 bits per heavy atom. The Balaban J connectivity index is 2.55. The van der Waals surface area contributed by atoms with Crippen LogP contribution in [0.4, 0.5) is 0 Å². The number of nitrogens with zero attached hydrogens (tertiary/aromatic N) is 1. The normalized spacial score (nSPS) is 10.9. The molecule has 0 aromatic heterocycles. The van der Waals surface area contributed by atoms with Gasteiger partial charge in [-0.25, -0.2) is 0 Å². The second kappa shape index (κ2) is 8.69. The van der Waals surface area contributed by atoms with Crippen LogP contribution in [0.5, 0.6) is 5.75 Å². The van der Waals surface area contributed by atoms with Gasteiger partial charge in [0.2, 0.25) is 0 Å². The van der Waals surface area contributed by atoms with Crippen molar-refractivity contribution in [2.45, 2.75) is 0 Å². The molecule has 1 rings (SSSR count). The van der Waals surface area contributed by atoms with E-state index in [9.17, 15) is 4.79 Å². The number of hydrogen-bond donors (Lipinski definition) is 3. The van der Waals surface area contributed by atoms with E-state index in [0.29, 0.717) is 5.56 Å². The number of aliphatic hydroxyl groups is 1. The largest absolute Gasteiger partial charge is 0.508 e. The first-order valence-corrected chi connectivity index (χ1v) is 6.05. The number of nitriles is 1. The van der Waals surface area contributed by atoms with Crippen LogP contribution in [0, 0.1) is 11.3 Å². The van der Waals surface area contributed by atoms with Crippen LogP contribution in [0.3, 0.4) is 0 Å².